The number of aliphatic hydroxyl groups is 1. The van der Waals surface area contributed by atoms with Crippen LogP contribution in [0.5, 0.6) is 0 Å². The average Bonchev–Trinajstić information content (AvgIpc) is 2.34. The first-order valence-corrected chi connectivity index (χ1v) is 6.71. The van der Waals surface area contributed by atoms with Crippen molar-refractivity contribution in [3.63, 3.8) is 0 Å². The first-order valence-electron chi connectivity index (χ1n) is 6.71. The zero-order valence-corrected chi connectivity index (χ0v) is 12.0. The van der Waals surface area contributed by atoms with E-state index < -0.39 is 5.79 Å². The molecule has 0 amide bonds. The van der Waals surface area contributed by atoms with E-state index >= 15 is 0 Å². The SMILES string of the molecule is CCc1ccc(C2(O)OCC(C)(C)NC2C)cc1F. The number of halogens is 1. The van der Waals surface area contributed by atoms with Gasteiger partial charge < -0.3 is 15.2 Å². The van der Waals surface area contributed by atoms with Crippen LogP contribution in [0, 0.1) is 5.82 Å². The van der Waals surface area contributed by atoms with Crippen LogP contribution in [0.1, 0.15) is 38.8 Å². The molecule has 2 unspecified atom stereocenters. The third-order valence-electron chi connectivity index (χ3n) is 3.69. The van der Waals surface area contributed by atoms with Crippen molar-refractivity contribution in [3.05, 3.63) is 35.1 Å². The van der Waals surface area contributed by atoms with Crippen molar-refractivity contribution >= 4 is 0 Å². The minimum absolute atomic E-state index is 0.201. The van der Waals surface area contributed by atoms with Crippen molar-refractivity contribution in [2.24, 2.45) is 0 Å². The smallest absolute Gasteiger partial charge is 0.208 e. The third-order valence-corrected chi connectivity index (χ3v) is 3.69. The molecule has 0 aliphatic carbocycles. The number of ether oxygens (including phenoxy) is 1. The second-order valence-electron chi connectivity index (χ2n) is 5.89. The van der Waals surface area contributed by atoms with Gasteiger partial charge in [-0.2, -0.15) is 0 Å². The molecule has 2 atom stereocenters. The zero-order chi connectivity index (χ0) is 14.3. The molecule has 1 aliphatic heterocycles. The summed E-state index contributed by atoms with van der Waals surface area (Å²) >= 11 is 0. The number of morpholine rings is 1. The van der Waals surface area contributed by atoms with Gasteiger partial charge in [0, 0.05) is 11.1 Å². The van der Waals surface area contributed by atoms with E-state index in [4.69, 9.17) is 4.74 Å². The van der Waals surface area contributed by atoms with Gasteiger partial charge >= 0.3 is 0 Å². The molecule has 0 saturated carbocycles. The van der Waals surface area contributed by atoms with Crippen molar-refractivity contribution < 1.29 is 14.2 Å². The summed E-state index contributed by atoms with van der Waals surface area (Å²) in [5.74, 6) is -1.78. The molecular weight excluding hydrogens is 245 g/mol. The molecule has 3 nitrogen and oxygen atoms in total. The van der Waals surface area contributed by atoms with Crippen molar-refractivity contribution in [3.8, 4) is 0 Å². The Morgan fingerprint density at radius 1 is 1.47 bits per heavy atom. The van der Waals surface area contributed by atoms with Crippen LogP contribution in [0.15, 0.2) is 18.2 Å². The van der Waals surface area contributed by atoms with Gasteiger partial charge in [-0.3, -0.25) is 0 Å². The molecule has 0 aromatic heterocycles. The highest BCUT2D eigenvalue weighted by molar-refractivity contribution is 5.29. The van der Waals surface area contributed by atoms with Crippen LogP contribution in [0.2, 0.25) is 0 Å². The summed E-state index contributed by atoms with van der Waals surface area (Å²) in [5, 5.41) is 14.0. The largest absolute Gasteiger partial charge is 0.361 e. The van der Waals surface area contributed by atoms with Gasteiger partial charge in [-0.25, -0.2) is 4.39 Å². The minimum Gasteiger partial charge on any atom is -0.361 e. The quantitative estimate of drug-likeness (QED) is 0.864. The predicted octanol–water partition coefficient (Wildman–Crippen LogP) is 2.32. The number of rotatable bonds is 2. The molecule has 0 bridgehead atoms. The first kappa shape index (κ1) is 14.4. The van der Waals surface area contributed by atoms with E-state index in [-0.39, 0.29) is 17.4 Å². The summed E-state index contributed by atoms with van der Waals surface area (Å²) in [6.07, 6.45) is 0.631. The Kier molecular flexibility index (Phi) is 3.69. The van der Waals surface area contributed by atoms with E-state index in [9.17, 15) is 9.50 Å². The number of benzene rings is 1. The van der Waals surface area contributed by atoms with Gasteiger partial charge in [0.05, 0.1) is 12.6 Å². The molecule has 1 aromatic carbocycles. The van der Waals surface area contributed by atoms with Crippen molar-refractivity contribution in [2.75, 3.05) is 6.61 Å². The fourth-order valence-corrected chi connectivity index (χ4v) is 2.53. The van der Waals surface area contributed by atoms with E-state index in [0.717, 1.165) is 0 Å². The van der Waals surface area contributed by atoms with E-state index in [1.165, 1.54) is 6.07 Å². The van der Waals surface area contributed by atoms with Crippen LogP contribution >= 0.6 is 0 Å². The summed E-state index contributed by atoms with van der Waals surface area (Å²) in [6, 6.07) is 4.50. The molecule has 19 heavy (non-hydrogen) atoms. The Morgan fingerprint density at radius 3 is 2.68 bits per heavy atom. The van der Waals surface area contributed by atoms with Crippen LogP contribution < -0.4 is 5.32 Å². The average molecular weight is 267 g/mol. The number of aryl methyl sites for hydroxylation is 1. The van der Waals surface area contributed by atoms with Gasteiger partial charge in [0.25, 0.3) is 0 Å². The Balaban J connectivity index is 2.32. The summed E-state index contributed by atoms with van der Waals surface area (Å²) in [7, 11) is 0. The fraction of sp³-hybridized carbons (Fsp3) is 0.600. The highest BCUT2D eigenvalue weighted by Gasteiger charge is 2.44. The Labute approximate surface area is 113 Å². The van der Waals surface area contributed by atoms with E-state index in [2.05, 4.69) is 5.32 Å². The van der Waals surface area contributed by atoms with Gasteiger partial charge in [-0.15, -0.1) is 0 Å². The van der Waals surface area contributed by atoms with Crippen LogP contribution in [0.4, 0.5) is 4.39 Å². The van der Waals surface area contributed by atoms with Crippen molar-refractivity contribution in [1.82, 2.24) is 5.32 Å². The second-order valence-corrected chi connectivity index (χ2v) is 5.89. The van der Waals surface area contributed by atoms with Gasteiger partial charge in [-0.1, -0.05) is 19.1 Å². The molecule has 1 aliphatic rings. The lowest BCUT2D eigenvalue weighted by Crippen LogP contribution is -2.63. The highest BCUT2D eigenvalue weighted by Crippen LogP contribution is 2.33. The lowest BCUT2D eigenvalue weighted by Gasteiger charge is -2.46. The van der Waals surface area contributed by atoms with Gasteiger partial charge in [-0.05, 0) is 38.8 Å². The fourth-order valence-electron chi connectivity index (χ4n) is 2.53. The lowest BCUT2D eigenvalue weighted by atomic mass is 9.92. The second kappa shape index (κ2) is 4.85. The predicted molar refractivity (Wildman–Crippen MR) is 72.3 cm³/mol. The monoisotopic (exact) mass is 267 g/mol. The molecule has 2 N–H and O–H groups in total. The summed E-state index contributed by atoms with van der Waals surface area (Å²) in [6.45, 7) is 8.11. The zero-order valence-electron chi connectivity index (χ0n) is 12.0. The molecule has 106 valence electrons. The van der Waals surface area contributed by atoms with Crippen molar-refractivity contribution in [2.45, 2.75) is 51.5 Å². The van der Waals surface area contributed by atoms with Gasteiger partial charge in [0.2, 0.25) is 5.79 Å². The third kappa shape index (κ3) is 2.66. The van der Waals surface area contributed by atoms with Gasteiger partial charge in [0.15, 0.2) is 0 Å². The Bertz CT molecular complexity index is 475. The van der Waals surface area contributed by atoms with Crippen molar-refractivity contribution in [1.29, 1.82) is 0 Å². The van der Waals surface area contributed by atoms with Crippen LogP contribution in [0.25, 0.3) is 0 Å². The first-order chi connectivity index (χ1) is 8.78. The minimum atomic E-state index is -1.48. The molecule has 1 fully saturated rings. The standard InChI is InChI=1S/C15H22FNO2/c1-5-11-6-7-12(8-13(11)16)15(18)10(2)17-14(3,4)9-19-15/h6-8,10,17-18H,5,9H2,1-4H3. The molecule has 4 heteroatoms. The maximum Gasteiger partial charge on any atom is 0.208 e. The Morgan fingerprint density at radius 2 is 2.16 bits per heavy atom. The maximum absolute atomic E-state index is 13.9. The van der Waals surface area contributed by atoms with E-state index in [1.807, 2.05) is 27.7 Å². The molecule has 1 saturated heterocycles. The van der Waals surface area contributed by atoms with E-state index in [0.29, 0.717) is 24.2 Å². The number of hydrogen-bond acceptors (Lipinski definition) is 3. The number of hydrogen-bond donors (Lipinski definition) is 2. The summed E-state index contributed by atoms with van der Waals surface area (Å²) in [5.41, 5.74) is 0.898. The maximum atomic E-state index is 13.9. The molecule has 0 radical (unpaired) electrons. The summed E-state index contributed by atoms with van der Waals surface area (Å²) < 4.78 is 19.5. The number of nitrogens with one attached hydrogen (secondary N) is 1. The Hall–Kier alpha value is -0.970. The molecule has 1 heterocycles. The molecule has 2 rings (SSSR count). The van der Waals surface area contributed by atoms with Gasteiger partial charge in [0.1, 0.15) is 5.82 Å². The lowest BCUT2D eigenvalue weighted by molar-refractivity contribution is -0.263. The van der Waals surface area contributed by atoms with Crippen LogP contribution in [-0.4, -0.2) is 23.3 Å². The van der Waals surface area contributed by atoms with E-state index in [1.54, 1.807) is 12.1 Å². The normalized spacial score (nSPS) is 30.3. The van der Waals surface area contributed by atoms with Crippen LogP contribution in [-0.2, 0) is 16.9 Å². The molecule has 1 aromatic rings. The van der Waals surface area contributed by atoms with Crippen LogP contribution in [0.3, 0.4) is 0 Å². The molecular formula is C15H22FNO2. The molecule has 0 spiro atoms. The summed E-state index contributed by atoms with van der Waals surface area (Å²) in [4.78, 5) is 0. The topological polar surface area (TPSA) is 41.5 Å². The highest BCUT2D eigenvalue weighted by atomic mass is 19.1.